The molecule has 18 heavy (non-hydrogen) atoms. The average molecular weight is 264 g/mol. The second-order valence-electron chi connectivity index (χ2n) is 4.40. The predicted octanol–water partition coefficient (Wildman–Crippen LogP) is 3.81. The smallest absolute Gasteiger partial charge is 0.0853 e. The maximum absolute atomic E-state index is 6.20. The van der Waals surface area contributed by atoms with Crippen LogP contribution in [-0.4, -0.2) is 9.78 Å². The van der Waals surface area contributed by atoms with Gasteiger partial charge in [-0.25, -0.2) is 0 Å². The SMILES string of the molecule is CCc1nn(C)cc1NC(C)c1ccccc1Cl. The minimum Gasteiger partial charge on any atom is -0.376 e. The first-order valence-corrected chi connectivity index (χ1v) is 6.53. The molecule has 0 fully saturated rings. The van der Waals surface area contributed by atoms with Crippen LogP contribution in [0, 0.1) is 0 Å². The number of hydrogen-bond acceptors (Lipinski definition) is 2. The molecule has 2 rings (SSSR count). The van der Waals surface area contributed by atoms with E-state index in [9.17, 15) is 0 Å². The number of aromatic nitrogens is 2. The first kappa shape index (κ1) is 13.0. The van der Waals surface area contributed by atoms with E-state index in [4.69, 9.17) is 11.6 Å². The van der Waals surface area contributed by atoms with Crippen LogP contribution in [0.15, 0.2) is 30.5 Å². The van der Waals surface area contributed by atoms with Crippen LogP contribution in [0.25, 0.3) is 0 Å². The van der Waals surface area contributed by atoms with Crippen molar-refractivity contribution < 1.29 is 0 Å². The average Bonchev–Trinajstić information content (AvgIpc) is 2.70. The number of hydrogen-bond donors (Lipinski definition) is 1. The number of nitrogens with zero attached hydrogens (tertiary/aromatic N) is 2. The van der Waals surface area contributed by atoms with Crippen LogP contribution in [0.1, 0.15) is 31.1 Å². The number of halogens is 1. The summed E-state index contributed by atoms with van der Waals surface area (Å²) < 4.78 is 1.83. The third-order valence-electron chi connectivity index (χ3n) is 2.98. The molecule has 1 heterocycles. The van der Waals surface area contributed by atoms with E-state index in [-0.39, 0.29) is 6.04 Å². The topological polar surface area (TPSA) is 29.9 Å². The number of benzene rings is 1. The highest BCUT2D eigenvalue weighted by Crippen LogP contribution is 2.26. The van der Waals surface area contributed by atoms with E-state index in [0.717, 1.165) is 28.4 Å². The number of rotatable bonds is 4. The molecule has 0 amide bonds. The van der Waals surface area contributed by atoms with E-state index in [1.807, 2.05) is 42.2 Å². The standard InChI is InChI=1S/C14H18ClN3/c1-4-13-14(9-18(3)17-13)16-10(2)11-7-5-6-8-12(11)15/h5-10,16H,4H2,1-3H3. The van der Waals surface area contributed by atoms with Gasteiger partial charge in [-0.3, -0.25) is 4.68 Å². The van der Waals surface area contributed by atoms with E-state index in [1.54, 1.807) is 0 Å². The molecule has 1 N–H and O–H groups in total. The Morgan fingerprint density at radius 1 is 1.39 bits per heavy atom. The van der Waals surface area contributed by atoms with Crippen LogP contribution in [0.4, 0.5) is 5.69 Å². The highest BCUT2D eigenvalue weighted by Gasteiger charge is 2.12. The van der Waals surface area contributed by atoms with Crippen LogP contribution < -0.4 is 5.32 Å². The first-order valence-electron chi connectivity index (χ1n) is 6.15. The summed E-state index contributed by atoms with van der Waals surface area (Å²) >= 11 is 6.20. The molecule has 0 saturated heterocycles. The van der Waals surface area contributed by atoms with Crippen molar-refractivity contribution in [1.29, 1.82) is 0 Å². The summed E-state index contributed by atoms with van der Waals surface area (Å²) in [5, 5.41) is 8.68. The number of anilines is 1. The summed E-state index contributed by atoms with van der Waals surface area (Å²) in [6, 6.07) is 8.07. The summed E-state index contributed by atoms with van der Waals surface area (Å²) in [4.78, 5) is 0. The maximum Gasteiger partial charge on any atom is 0.0853 e. The van der Waals surface area contributed by atoms with Gasteiger partial charge < -0.3 is 5.32 Å². The Morgan fingerprint density at radius 3 is 2.78 bits per heavy atom. The van der Waals surface area contributed by atoms with Crippen molar-refractivity contribution in [2.75, 3.05) is 5.32 Å². The van der Waals surface area contributed by atoms with Gasteiger partial charge in [0.2, 0.25) is 0 Å². The quantitative estimate of drug-likeness (QED) is 0.909. The van der Waals surface area contributed by atoms with Crippen LogP contribution in [0.3, 0.4) is 0 Å². The molecule has 3 nitrogen and oxygen atoms in total. The van der Waals surface area contributed by atoms with Crippen molar-refractivity contribution in [3.8, 4) is 0 Å². The lowest BCUT2D eigenvalue weighted by atomic mass is 10.1. The van der Waals surface area contributed by atoms with Gasteiger partial charge in [0.15, 0.2) is 0 Å². The molecule has 1 aromatic carbocycles. The first-order chi connectivity index (χ1) is 8.61. The van der Waals surface area contributed by atoms with E-state index >= 15 is 0 Å². The van der Waals surface area contributed by atoms with Gasteiger partial charge in [0, 0.05) is 18.3 Å². The molecule has 96 valence electrons. The Morgan fingerprint density at radius 2 is 2.11 bits per heavy atom. The highest BCUT2D eigenvalue weighted by atomic mass is 35.5. The summed E-state index contributed by atoms with van der Waals surface area (Å²) in [5.41, 5.74) is 3.26. The molecule has 0 saturated carbocycles. The molecule has 0 aliphatic carbocycles. The lowest BCUT2D eigenvalue weighted by Crippen LogP contribution is -2.07. The monoisotopic (exact) mass is 263 g/mol. The summed E-state index contributed by atoms with van der Waals surface area (Å²) in [5.74, 6) is 0. The Labute approximate surface area is 113 Å². The van der Waals surface area contributed by atoms with Gasteiger partial charge in [-0.2, -0.15) is 5.10 Å². The zero-order valence-corrected chi connectivity index (χ0v) is 11.7. The van der Waals surface area contributed by atoms with Gasteiger partial charge in [-0.05, 0) is 25.0 Å². The van der Waals surface area contributed by atoms with Crippen LogP contribution in [0.2, 0.25) is 5.02 Å². The van der Waals surface area contributed by atoms with E-state index in [2.05, 4.69) is 24.3 Å². The van der Waals surface area contributed by atoms with E-state index in [1.165, 1.54) is 0 Å². The molecule has 0 spiro atoms. The second kappa shape index (κ2) is 5.44. The Balaban J connectivity index is 2.21. The molecular weight excluding hydrogens is 246 g/mol. The van der Waals surface area contributed by atoms with E-state index < -0.39 is 0 Å². The van der Waals surface area contributed by atoms with Crippen molar-refractivity contribution in [3.05, 3.63) is 46.7 Å². The zero-order chi connectivity index (χ0) is 13.1. The third-order valence-corrected chi connectivity index (χ3v) is 3.33. The Bertz CT molecular complexity index is 534. The molecule has 4 heteroatoms. The van der Waals surface area contributed by atoms with Crippen molar-refractivity contribution in [2.24, 2.45) is 7.05 Å². The van der Waals surface area contributed by atoms with Gasteiger partial charge in [0.05, 0.1) is 17.4 Å². The maximum atomic E-state index is 6.20. The fraction of sp³-hybridized carbons (Fsp3) is 0.357. The molecule has 2 aromatic rings. The van der Waals surface area contributed by atoms with Crippen molar-refractivity contribution in [2.45, 2.75) is 26.3 Å². The number of aryl methyl sites for hydroxylation is 2. The Hall–Kier alpha value is -1.48. The normalized spacial score (nSPS) is 12.4. The second-order valence-corrected chi connectivity index (χ2v) is 4.81. The minimum absolute atomic E-state index is 0.160. The molecule has 0 bridgehead atoms. The van der Waals surface area contributed by atoms with Gasteiger partial charge in [0.1, 0.15) is 0 Å². The van der Waals surface area contributed by atoms with Crippen LogP contribution in [-0.2, 0) is 13.5 Å². The van der Waals surface area contributed by atoms with Gasteiger partial charge in [-0.15, -0.1) is 0 Å². The summed E-state index contributed by atoms with van der Waals surface area (Å²) in [6.45, 7) is 4.21. The molecule has 1 aromatic heterocycles. The Kier molecular flexibility index (Phi) is 3.92. The molecule has 0 radical (unpaired) electrons. The molecular formula is C14H18ClN3. The van der Waals surface area contributed by atoms with Crippen LogP contribution in [0.5, 0.6) is 0 Å². The minimum atomic E-state index is 0.160. The predicted molar refractivity (Wildman–Crippen MR) is 76.1 cm³/mol. The molecule has 1 atom stereocenters. The lowest BCUT2D eigenvalue weighted by Gasteiger charge is -2.16. The zero-order valence-electron chi connectivity index (χ0n) is 10.9. The third kappa shape index (κ3) is 2.67. The van der Waals surface area contributed by atoms with E-state index in [0.29, 0.717) is 0 Å². The van der Waals surface area contributed by atoms with Gasteiger partial charge in [0.25, 0.3) is 0 Å². The van der Waals surface area contributed by atoms with Crippen molar-refractivity contribution in [3.63, 3.8) is 0 Å². The fourth-order valence-electron chi connectivity index (χ4n) is 2.05. The van der Waals surface area contributed by atoms with Gasteiger partial charge >= 0.3 is 0 Å². The fourth-order valence-corrected chi connectivity index (χ4v) is 2.35. The largest absolute Gasteiger partial charge is 0.376 e. The summed E-state index contributed by atoms with van der Waals surface area (Å²) in [7, 11) is 1.94. The highest BCUT2D eigenvalue weighted by molar-refractivity contribution is 6.31. The molecule has 0 aliphatic heterocycles. The molecule has 1 unspecified atom stereocenters. The summed E-state index contributed by atoms with van der Waals surface area (Å²) in [6.07, 6.45) is 2.92. The van der Waals surface area contributed by atoms with Crippen molar-refractivity contribution in [1.82, 2.24) is 9.78 Å². The van der Waals surface area contributed by atoms with Crippen molar-refractivity contribution >= 4 is 17.3 Å². The lowest BCUT2D eigenvalue weighted by molar-refractivity contribution is 0.746. The number of nitrogens with one attached hydrogen (secondary N) is 1. The van der Waals surface area contributed by atoms with Crippen LogP contribution >= 0.6 is 11.6 Å². The molecule has 0 aliphatic rings. The van der Waals surface area contributed by atoms with Gasteiger partial charge in [-0.1, -0.05) is 36.7 Å².